The molecule has 1 fully saturated rings. The highest BCUT2D eigenvalue weighted by Gasteiger charge is 2.27. The third-order valence-electron chi connectivity index (χ3n) is 3.72. The fraction of sp³-hybridized carbons (Fsp3) is 0.438. The van der Waals surface area contributed by atoms with Gasteiger partial charge in [-0.25, -0.2) is 4.79 Å². The molecule has 118 valence electrons. The minimum atomic E-state index is -0.731. The first-order valence-electron chi connectivity index (χ1n) is 7.30. The molecule has 1 unspecified atom stereocenters. The third-order valence-corrected chi connectivity index (χ3v) is 3.72. The number of rotatable bonds is 2. The second-order valence-corrected chi connectivity index (χ2v) is 5.49. The summed E-state index contributed by atoms with van der Waals surface area (Å²) in [5, 5.41) is 2.51. The molecule has 1 aliphatic heterocycles. The molecule has 1 saturated heterocycles. The highest BCUT2D eigenvalue weighted by atomic mass is 16.5. The van der Waals surface area contributed by atoms with Crippen LogP contribution >= 0.6 is 0 Å². The maximum absolute atomic E-state index is 12.2. The molecule has 1 N–H and O–H groups in total. The van der Waals surface area contributed by atoms with Crippen molar-refractivity contribution in [2.75, 3.05) is 25.5 Å². The Kier molecular flexibility index (Phi) is 5.14. The normalized spacial score (nSPS) is 17.7. The number of amides is 2. The van der Waals surface area contributed by atoms with Gasteiger partial charge in [0.2, 0.25) is 0 Å². The van der Waals surface area contributed by atoms with E-state index in [0.717, 1.165) is 12.8 Å². The third kappa shape index (κ3) is 3.63. The quantitative estimate of drug-likeness (QED) is 0.666. The van der Waals surface area contributed by atoms with Crippen molar-refractivity contribution in [3.63, 3.8) is 0 Å². The van der Waals surface area contributed by atoms with Crippen LogP contribution in [0, 0.1) is 5.92 Å². The van der Waals surface area contributed by atoms with E-state index in [9.17, 15) is 14.4 Å². The molecule has 0 spiro atoms. The fourth-order valence-electron chi connectivity index (χ4n) is 2.57. The summed E-state index contributed by atoms with van der Waals surface area (Å²) in [4.78, 5) is 37.5. The number of nitrogens with zero attached hydrogens (tertiary/aromatic N) is 1. The average molecular weight is 304 g/mol. The lowest BCUT2D eigenvalue weighted by Gasteiger charge is -2.30. The van der Waals surface area contributed by atoms with Gasteiger partial charge in [-0.2, -0.15) is 0 Å². The zero-order valence-electron chi connectivity index (χ0n) is 12.8. The first-order valence-corrected chi connectivity index (χ1v) is 7.30. The maximum atomic E-state index is 12.2. The molecule has 1 aliphatic rings. The fourth-order valence-corrected chi connectivity index (χ4v) is 2.57. The van der Waals surface area contributed by atoms with Gasteiger partial charge in [0.25, 0.3) is 0 Å². The van der Waals surface area contributed by atoms with Gasteiger partial charge in [0.05, 0.1) is 18.4 Å². The van der Waals surface area contributed by atoms with Gasteiger partial charge >= 0.3 is 17.8 Å². The molecule has 1 heterocycles. The number of ether oxygens (including phenoxy) is 1. The van der Waals surface area contributed by atoms with Gasteiger partial charge in [-0.05, 0) is 30.9 Å². The number of para-hydroxylation sites is 1. The molecule has 0 saturated carbocycles. The van der Waals surface area contributed by atoms with Crippen molar-refractivity contribution in [1.29, 1.82) is 0 Å². The number of hydrogen-bond donors (Lipinski definition) is 1. The lowest BCUT2D eigenvalue weighted by atomic mass is 10.0. The van der Waals surface area contributed by atoms with Crippen LogP contribution in [0.3, 0.4) is 0 Å². The Morgan fingerprint density at radius 3 is 2.68 bits per heavy atom. The molecule has 1 aromatic rings. The maximum Gasteiger partial charge on any atom is 0.339 e. The largest absolute Gasteiger partial charge is 0.465 e. The standard InChI is InChI=1S/C16H20N2O4/c1-11-6-5-9-18(10-11)15(20)14(19)17-13-8-4-3-7-12(13)16(21)22-2/h3-4,7-8,11H,5-6,9-10H2,1-2H3,(H,17,19). The lowest BCUT2D eigenvalue weighted by molar-refractivity contribution is -0.144. The van der Waals surface area contributed by atoms with Crippen molar-refractivity contribution in [2.45, 2.75) is 19.8 Å². The van der Waals surface area contributed by atoms with Crippen LogP contribution in [0.1, 0.15) is 30.1 Å². The van der Waals surface area contributed by atoms with Crippen molar-refractivity contribution >= 4 is 23.5 Å². The molecule has 0 bridgehead atoms. The number of benzene rings is 1. The smallest absolute Gasteiger partial charge is 0.339 e. The van der Waals surface area contributed by atoms with Crippen LogP contribution in [-0.4, -0.2) is 42.9 Å². The second-order valence-electron chi connectivity index (χ2n) is 5.49. The Labute approximate surface area is 129 Å². The topological polar surface area (TPSA) is 75.7 Å². The summed E-state index contributed by atoms with van der Waals surface area (Å²) < 4.78 is 4.66. The molecule has 2 rings (SSSR count). The number of anilines is 1. The summed E-state index contributed by atoms with van der Waals surface area (Å²) >= 11 is 0. The van der Waals surface area contributed by atoms with Crippen LogP contribution in [0.5, 0.6) is 0 Å². The number of methoxy groups -OCH3 is 1. The van der Waals surface area contributed by atoms with Crippen LogP contribution < -0.4 is 5.32 Å². The first-order chi connectivity index (χ1) is 10.5. The van der Waals surface area contributed by atoms with E-state index >= 15 is 0 Å². The summed E-state index contributed by atoms with van der Waals surface area (Å²) in [6, 6.07) is 6.44. The first kappa shape index (κ1) is 16.0. The minimum Gasteiger partial charge on any atom is -0.465 e. The average Bonchev–Trinajstić information content (AvgIpc) is 2.53. The zero-order chi connectivity index (χ0) is 16.1. The van der Waals surface area contributed by atoms with Gasteiger partial charge in [-0.15, -0.1) is 0 Å². The monoisotopic (exact) mass is 304 g/mol. The summed E-state index contributed by atoms with van der Waals surface area (Å²) in [6.07, 6.45) is 1.97. The van der Waals surface area contributed by atoms with Gasteiger partial charge in [0.1, 0.15) is 0 Å². The van der Waals surface area contributed by atoms with Gasteiger partial charge in [0, 0.05) is 13.1 Å². The molecular formula is C16H20N2O4. The van der Waals surface area contributed by atoms with Gasteiger partial charge < -0.3 is 15.0 Å². The molecule has 2 amide bonds. The Morgan fingerprint density at radius 1 is 1.27 bits per heavy atom. The van der Waals surface area contributed by atoms with Crippen LogP contribution in [-0.2, 0) is 14.3 Å². The van der Waals surface area contributed by atoms with Crippen molar-refractivity contribution < 1.29 is 19.1 Å². The van der Waals surface area contributed by atoms with Gasteiger partial charge in [-0.1, -0.05) is 19.1 Å². The van der Waals surface area contributed by atoms with E-state index in [1.807, 2.05) is 0 Å². The SMILES string of the molecule is COC(=O)c1ccccc1NC(=O)C(=O)N1CCCC(C)C1. The molecule has 1 atom stereocenters. The van der Waals surface area contributed by atoms with Crippen molar-refractivity contribution in [3.05, 3.63) is 29.8 Å². The predicted octanol–water partition coefficient (Wildman–Crippen LogP) is 1.67. The van der Waals surface area contributed by atoms with Crippen LogP contribution in [0.25, 0.3) is 0 Å². The summed E-state index contributed by atoms with van der Waals surface area (Å²) in [5.74, 6) is -1.46. The molecule has 6 nitrogen and oxygen atoms in total. The highest BCUT2D eigenvalue weighted by molar-refractivity contribution is 6.39. The second kappa shape index (κ2) is 7.06. The zero-order valence-corrected chi connectivity index (χ0v) is 12.8. The highest BCUT2D eigenvalue weighted by Crippen LogP contribution is 2.18. The van der Waals surface area contributed by atoms with E-state index in [1.54, 1.807) is 23.1 Å². The number of hydrogen-bond acceptors (Lipinski definition) is 4. The Morgan fingerprint density at radius 2 is 2.00 bits per heavy atom. The number of piperidine rings is 1. The predicted molar refractivity (Wildman–Crippen MR) is 81.4 cm³/mol. The van der Waals surface area contributed by atoms with E-state index in [4.69, 9.17) is 0 Å². The minimum absolute atomic E-state index is 0.221. The molecule has 1 aromatic carbocycles. The summed E-state index contributed by atoms with van der Waals surface area (Å²) in [6.45, 7) is 3.24. The summed E-state index contributed by atoms with van der Waals surface area (Å²) in [7, 11) is 1.27. The molecule has 0 aromatic heterocycles. The molecular weight excluding hydrogens is 284 g/mol. The number of nitrogens with one attached hydrogen (secondary N) is 1. The van der Waals surface area contributed by atoms with E-state index in [2.05, 4.69) is 17.0 Å². The van der Waals surface area contributed by atoms with Crippen LogP contribution in [0.2, 0.25) is 0 Å². The van der Waals surface area contributed by atoms with Crippen molar-refractivity contribution in [1.82, 2.24) is 4.90 Å². The number of carbonyl (C=O) groups is 3. The molecule has 22 heavy (non-hydrogen) atoms. The van der Waals surface area contributed by atoms with E-state index in [-0.39, 0.29) is 11.3 Å². The Bertz CT molecular complexity index is 585. The van der Waals surface area contributed by atoms with Crippen molar-refractivity contribution in [2.24, 2.45) is 5.92 Å². The van der Waals surface area contributed by atoms with Gasteiger partial charge in [-0.3, -0.25) is 9.59 Å². The Hall–Kier alpha value is -2.37. The number of esters is 1. The number of carbonyl (C=O) groups excluding carboxylic acids is 3. The number of likely N-dealkylation sites (tertiary alicyclic amines) is 1. The molecule has 0 aliphatic carbocycles. The Balaban J connectivity index is 2.09. The van der Waals surface area contributed by atoms with E-state index < -0.39 is 17.8 Å². The summed E-state index contributed by atoms with van der Waals surface area (Å²) in [5.41, 5.74) is 0.496. The molecule has 0 radical (unpaired) electrons. The van der Waals surface area contributed by atoms with E-state index in [0.29, 0.717) is 19.0 Å². The van der Waals surface area contributed by atoms with E-state index in [1.165, 1.54) is 13.2 Å². The lowest BCUT2D eigenvalue weighted by Crippen LogP contribution is -2.44. The van der Waals surface area contributed by atoms with Crippen LogP contribution in [0.15, 0.2) is 24.3 Å². The van der Waals surface area contributed by atoms with Crippen molar-refractivity contribution in [3.8, 4) is 0 Å². The molecule has 6 heteroatoms. The van der Waals surface area contributed by atoms with Gasteiger partial charge in [0.15, 0.2) is 0 Å². The van der Waals surface area contributed by atoms with Crippen LogP contribution in [0.4, 0.5) is 5.69 Å².